The van der Waals surface area contributed by atoms with Crippen molar-refractivity contribution in [2.75, 3.05) is 5.32 Å². The largest absolute Gasteiger partial charge is 0.381 e. The molecule has 20 heavy (non-hydrogen) atoms. The van der Waals surface area contributed by atoms with Gasteiger partial charge in [0.25, 0.3) is 0 Å². The van der Waals surface area contributed by atoms with E-state index in [-0.39, 0.29) is 0 Å². The van der Waals surface area contributed by atoms with Crippen LogP contribution in [0.15, 0.2) is 30.5 Å². The van der Waals surface area contributed by atoms with Gasteiger partial charge in [0.15, 0.2) is 0 Å². The third kappa shape index (κ3) is 3.43. The van der Waals surface area contributed by atoms with Crippen molar-refractivity contribution in [1.29, 1.82) is 0 Å². The molecule has 2 rings (SSSR count). The van der Waals surface area contributed by atoms with Crippen molar-refractivity contribution in [3.05, 3.63) is 35.5 Å². The van der Waals surface area contributed by atoms with E-state index in [4.69, 9.17) is 11.6 Å². The molecule has 0 saturated carbocycles. The summed E-state index contributed by atoms with van der Waals surface area (Å²) in [5, 5.41) is 5.41. The summed E-state index contributed by atoms with van der Waals surface area (Å²) in [6.07, 6.45) is 5.34. The van der Waals surface area contributed by atoms with Crippen molar-refractivity contribution >= 4 is 28.2 Å². The second-order valence-corrected chi connectivity index (χ2v) is 5.90. The van der Waals surface area contributed by atoms with E-state index in [1.807, 2.05) is 30.5 Å². The molecule has 108 valence electrons. The minimum absolute atomic E-state index is 0.483. The van der Waals surface area contributed by atoms with Gasteiger partial charge < -0.3 is 5.32 Å². The normalized spacial score (nSPS) is 14.2. The summed E-state index contributed by atoms with van der Waals surface area (Å²) in [5.41, 5.74) is 2.04. The standard InChI is InChI=1S/C17H23ClN2/c1-4-12(3)11-13(5-2)20-16-9-8-15(18)14-7-6-10-19-17(14)16/h6-10,12-13,20H,4-5,11H2,1-3H3. The molecule has 0 aliphatic carbocycles. The van der Waals surface area contributed by atoms with Crippen LogP contribution >= 0.6 is 11.6 Å². The maximum absolute atomic E-state index is 6.24. The van der Waals surface area contributed by atoms with Crippen LogP contribution in [-0.2, 0) is 0 Å². The summed E-state index contributed by atoms with van der Waals surface area (Å²) in [6, 6.07) is 8.41. The van der Waals surface area contributed by atoms with Gasteiger partial charge in [-0.3, -0.25) is 4.98 Å². The Morgan fingerprint density at radius 2 is 2.00 bits per heavy atom. The Hall–Kier alpha value is -1.28. The molecule has 0 aliphatic rings. The highest BCUT2D eigenvalue weighted by Crippen LogP contribution is 2.29. The first-order chi connectivity index (χ1) is 9.65. The van der Waals surface area contributed by atoms with Crippen LogP contribution in [0.1, 0.15) is 40.0 Å². The van der Waals surface area contributed by atoms with E-state index in [0.717, 1.165) is 34.0 Å². The van der Waals surface area contributed by atoms with Gasteiger partial charge >= 0.3 is 0 Å². The second-order valence-electron chi connectivity index (χ2n) is 5.49. The van der Waals surface area contributed by atoms with Crippen molar-refractivity contribution in [1.82, 2.24) is 4.98 Å². The lowest BCUT2D eigenvalue weighted by atomic mass is 9.97. The Morgan fingerprint density at radius 3 is 2.70 bits per heavy atom. The van der Waals surface area contributed by atoms with Gasteiger partial charge in [0, 0.05) is 17.6 Å². The minimum Gasteiger partial charge on any atom is -0.381 e. The van der Waals surface area contributed by atoms with Crippen molar-refractivity contribution in [3.63, 3.8) is 0 Å². The molecule has 3 heteroatoms. The van der Waals surface area contributed by atoms with E-state index in [2.05, 4.69) is 31.1 Å². The number of nitrogens with one attached hydrogen (secondary N) is 1. The van der Waals surface area contributed by atoms with Crippen LogP contribution in [0.5, 0.6) is 0 Å². The first kappa shape index (κ1) is 15.1. The molecule has 1 heterocycles. The van der Waals surface area contributed by atoms with Gasteiger partial charge in [0.1, 0.15) is 0 Å². The van der Waals surface area contributed by atoms with Gasteiger partial charge in [-0.1, -0.05) is 38.8 Å². The number of pyridine rings is 1. The number of fused-ring (bicyclic) bond motifs is 1. The van der Waals surface area contributed by atoms with E-state index in [1.165, 1.54) is 12.8 Å². The monoisotopic (exact) mass is 290 g/mol. The first-order valence-corrected chi connectivity index (χ1v) is 7.83. The fraction of sp³-hybridized carbons (Fsp3) is 0.471. The van der Waals surface area contributed by atoms with E-state index in [0.29, 0.717) is 6.04 Å². The van der Waals surface area contributed by atoms with Crippen molar-refractivity contribution in [2.24, 2.45) is 5.92 Å². The quantitative estimate of drug-likeness (QED) is 0.758. The molecule has 0 saturated heterocycles. The molecule has 1 aromatic heterocycles. The molecule has 0 spiro atoms. The van der Waals surface area contributed by atoms with Gasteiger partial charge in [-0.15, -0.1) is 0 Å². The Balaban J connectivity index is 2.26. The lowest BCUT2D eigenvalue weighted by molar-refractivity contribution is 0.462. The summed E-state index contributed by atoms with van der Waals surface area (Å²) < 4.78 is 0. The third-order valence-electron chi connectivity index (χ3n) is 3.95. The van der Waals surface area contributed by atoms with Crippen LogP contribution in [-0.4, -0.2) is 11.0 Å². The molecule has 0 amide bonds. The molecule has 0 bridgehead atoms. The average Bonchev–Trinajstić information content (AvgIpc) is 2.49. The van der Waals surface area contributed by atoms with E-state index in [9.17, 15) is 0 Å². The first-order valence-electron chi connectivity index (χ1n) is 7.45. The second kappa shape index (κ2) is 6.94. The van der Waals surface area contributed by atoms with E-state index < -0.39 is 0 Å². The number of halogens is 1. The molecule has 1 aromatic carbocycles. The lowest BCUT2D eigenvalue weighted by Gasteiger charge is -2.22. The molecule has 2 nitrogen and oxygen atoms in total. The van der Waals surface area contributed by atoms with Gasteiger partial charge in [0.2, 0.25) is 0 Å². The smallest absolute Gasteiger partial charge is 0.0948 e. The maximum Gasteiger partial charge on any atom is 0.0948 e. The van der Waals surface area contributed by atoms with Crippen LogP contribution in [0.2, 0.25) is 5.02 Å². The zero-order valence-corrected chi connectivity index (χ0v) is 13.2. The summed E-state index contributed by atoms with van der Waals surface area (Å²) in [6.45, 7) is 6.78. The summed E-state index contributed by atoms with van der Waals surface area (Å²) in [4.78, 5) is 4.48. The predicted octanol–water partition coefficient (Wildman–Crippen LogP) is 5.51. The highest BCUT2D eigenvalue weighted by atomic mass is 35.5. The molecule has 0 fully saturated rings. The van der Waals surface area contributed by atoms with Crippen LogP contribution < -0.4 is 5.32 Å². The molecular formula is C17H23ClN2. The highest BCUT2D eigenvalue weighted by molar-refractivity contribution is 6.35. The van der Waals surface area contributed by atoms with Gasteiger partial charge in [-0.25, -0.2) is 0 Å². The minimum atomic E-state index is 0.483. The molecule has 2 unspecified atom stereocenters. The molecule has 2 atom stereocenters. The molecule has 2 aromatic rings. The number of anilines is 1. The van der Waals surface area contributed by atoms with Crippen LogP contribution in [0, 0.1) is 5.92 Å². The van der Waals surface area contributed by atoms with Gasteiger partial charge in [-0.05, 0) is 43.0 Å². The molecule has 0 aliphatic heterocycles. The third-order valence-corrected chi connectivity index (χ3v) is 4.28. The topological polar surface area (TPSA) is 24.9 Å². The zero-order valence-electron chi connectivity index (χ0n) is 12.5. The summed E-state index contributed by atoms with van der Waals surface area (Å²) in [5.74, 6) is 0.735. The Morgan fingerprint density at radius 1 is 1.20 bits per heavy atom. The van der Waals surface area contributed by atoms with E-state index in [1.54, 1.807) is 0 Å². The van der Waals surface area contributed by atoms with Crippen LogP contribution in [0.25, 0.3) is 10.9 Å². The fourth-order valence-electron chi connectivity index (χ4n) is 2.45. The summed E-state index contributed by atoms with van der Waals surface area (Å²) in [7, 11) is 0. The number of hydrogen-bond acceptors (Lipinski definition) is 2. The Bertz CT molecular complexity index is 568. The molecular weight excluding hydrogens is 268 g/mol. The Labute approximate surface area is 126 Å². The molecule has 1 N–H and O–H groups in total. The number of rotatable bonds is 6. The van der Waals surface area contributed by atoms with Crippen molar-refractivity contribution in [3.8, 4) is 0 Å². The van der Waals surface area contributed by atoms with Gasteiger partial charge in [0.05, 0.1) is 16.2 Å². The van der Waals surface area contributed by atoms with Crippen LogP contribution in [0.3, 0.4) is 0 Å². The highest BCUT2D eigenvalue weighted by Gasteiger charge is 2.13. The maximum atomic E-state index is 6.24. The summed E-state index contributed by atoms with van der Waals surface area (Å²) >= 11 is 6.24. The van der Waals surface area contributed by atoms with Crippen molar-refractivity contribution < 1.29 is 0 Å². The van der Waals surface area contributed by atoms with Crippen molar-refractivity contribution in [2.45, 2.75) is 46.1 Å². The van der Waals surface area contributed by atoms with Gasteiger partial charge in [-0.2, -0.15) is 0 Å². The SMILES string of the molecule is CCC(C)CC(CC)Nc1ccc(Cl)c2cccnc12. The number of nitrogens with zero attached hydrogens (tertiary/aromatic N) is 1. The number of aromatic nitrogens is 1. The predicted molar refractivity (Wildman–Crippen MR) is 88.5 cm³/mol. The zero-order chi connectivity index (χ0) is 14.5. The number of hydrogen-bond donors (Lipinski definition) is 1. The Kier molecular flexibility index (Phi) is 5.24. The lowest BCUT2D eigenvalue weighted by Crippen LogP contribution is -2.21. The number of benzene rings is 1. The van der Waals surface area contributed by atoms with E-state index >= 15 is 0 Å². The average molecular weight is 291 g/mol. The molecule has 0 radical (unpaired) electrons. The van der Waals surface area contributed by atoms with Crippen LogP contribution in [0.4, 0.5) is 5.69 Å². The fourth-order valence-corrected chi connectivity index (χ4v) is 2.67.